The van der Waals surface area contributed by atoms with Gasteiger partial charge < -0.3 is 4.57 Å². The highest BCUT2D eigenvalue weighted by Crippen LogP contribution is 2.39. The summed E-state index contributed by atoms with van der Waals surface area (Å²) in [6, 6.07) is 56.2. The SMILES string of the molecule is C#C/C=C\c1c(C)c2ccccc2n1-c1cc(-c2ccccc2-n2c3ccccc3c3ccccc32)cc(-n2c3ccccc3c3ccccc32)n1. The van der Waals surface area contributed by atoms with Crippen LogP contribution < -0.4 is 0 Å². The van der Waals surface area contributed by atoms with Gasteiger partial charge in [0.25, 0.3) is 0 Å². The van der Waals surface area contributed by atoms with Gasteiger partial charge >= 0.3 is 0 Å². The molecule has 10 aromatic rings. The molecule has 0 N–H and O–H groups in total. The molecule has 0 fully saturated rings. The van der Waals surface area contributed by atoms with E-state index in [9.17, 15) is 0 Å². The van der Waals surface area contributed by atoms with E-state index in [1.54, 1.807) is 6.08 Å². The van der Waals surface area contributed by atoms with Crippen molar-refractivity contribution in [2.75, 3.05) is 0 Å². The molecule has 0 bridgehead atoms. The fourth-order valence-electron chi connectivity index (χ4n) is 8.15. The molecule has 6 aromatic carbocycles. The summed E-state index contributed by atoms with van der Waals surface area (Å²) in [6.45, 7) is 2.16. The average Bonchev–Trinajstić information content (AvgIpc) is 3.82. The molecule has 0 aliphatic carbocycles. The van der Waals surface area contributed by atoms with E-state index in [0.717, 1.165) is 61.6 Å². The number of terminal acetylenes is 1. The molecule has 0 saturated carbocycles. The van der Waals surface area contributed by atoms with Crippen LogP contribution in [0.2, 0.25) is 0 Å². The van der Waals surface area contributed by atoms with Crippen LogP contribution in [0.15, 0.2) is 164 Å². The van der Waals surface area contributed by atoms with Crippen LogP contribution in [0.5, 0.6) is 0 Å². The Hall–Kier alpha value is -7.09. The van der Waals surface area contributed by atoms with Crippen molar-refractivity contribution in [2.24, 2.45) is 0 Å². The first kappa shape index (κ1) is 29.8. The maximum atomic E-state index is 5.78. The van der Waals surface area contributed by atoms with E-state index in [-0.39, 0.29) is 0 Å². The Morgan fingerprint density at radius 1 is 0.500 bits per heavy atom. The van der Waals surface area contributed by atoms with Gasteiger partial charge in [0.1, 0.15) is 11.6 Å². The molecule has 0 atom stereocenters. The monoisotopic (exact) mass is 664 g/mol. The molecule has 0 radical (unpaired) electrons. The topological polar surface area (TPSA) is 27.7 Å². The highest BCUT2D eigenvalue weighted by molar-refractivity contribution is 6.10. The van der Waals surface area contributed by atoms with E-state index < -0.39 is 0 Å². The van der Waals surface area contributed by atoms with E-state index in [4.69, 9.17) is 11.4 Å². The third-order valence-corrected chi connectivity index (χ3v) is 10.4. The summed E-state index contributed by atoms with van der Waals surface area (Å²) in [4.78, 5) is 5.53. The van der Waals surface area contributed by atoms with E-state index in [1.165, 1.54) is 32.6 Å². The maximum Gasteiger partial charge on any atom is 0.140 e. The smallest absolute Gasteiger partial charge is 0.140 e. The highest BCUT2D eigenvalue weighted by atomic mass is 15.1. The van der Waals surface area contributed by atoms with Gasteiger partial charge in [-0.15, -0.1) is 6.42 Å². The van der Waals surface area contributed by atoms with Crippen LogP contribution in [0, 0.1) is 19.3 Å². The van der Waals surface area contributed by atoms with Crippen LogP contribution in [0.4, 0.5) is 0 Å². The van der Waals surface area contributed by atoms with Gasteiger partial charge in [0, 0.05) is 32.5 Å². The number of aromatic nitrogens is 4. The fraction of sp³-hybridized carbons (Fsp3) is 0.0208. The normalized spacial score (nSPS) is 11.8. The number of hydrogen-bond donors (Lipinski definition) is 0. The van der Waals surface area contributed by atoms with Crippen LogP contribution in [0.3, 0.4) is 0 Å². The van der Waals surface area contributed by atoms with Gasteiger partial charge in [0.15, 0.2) is 0 Å². The predicted octanol–water partition coefficient (Wildman–Crippen LogP) is 11.8. The van der Waals surface area contributed by atoms with E-state index in [0.29, 0.717) is 0 Å². The molecule has 0 unspecified atom stereocenters. The first-order valence-corrected chi connectivity index (χ1v) is 17.5. The number of para-hydroxylation sites is 6. The van der Waals surface area contributed by atoms with Gasteiger partial charge in [-0.2, -0.15) is 0 Å². The largest absolute Gasteiger partial charge is 0.309 e. The molecule has 0 aliphatic rings. The van der Waals surface area contributed by atoms with E-state index in [2.05, 4.69) is 184 Å². The molecule has 0 amide bonds. The summed E-state index contributed by atoms with van der Waals surface area (Å²) < 4.78 is 6.95. The quantitative estimate of drug-likeness (QED) is 0.168. The van der Waals surface area contributed by atoms with Crippen molar-refractivity contribution < 1.29 is 0 Å². The average molecular weight is 665 g/mol. The second-order valence-electron chi connectivity index (χ2n) is 13.2. The van der Waals surface area contributed by atoms with Crippen molar-refractivity contribution in [3.05, 3.63) is 175 Å². The minimum absolute atomic E-state index is 0.812. The Kier molecular flexibility index (Phi) is 6.74. The molecular formula is C48H32N4. The van der Waals surface area contributed by atoms with Crippen molar-refractivity contribution in [3.8, 4) is 40.8 Å². The van der Waals surface area contributed by atoms with Gasteiger partial charge in [0.2, 0.25) is 0 Å². The molecule has 0 spiro atoms. The summed E-state index contributed by atoms with van der Waals surface area (Å²) in [5, 5.41) is 6.01. The van der Waals surface area contributed by atoms with Crippen LogP contribution >= 0.6 is 0 Å². The van der Waals surface area contributed by atoms with Crippen LogP contribution in [0.1, 0.15) is 11.3 Å². The lowest BCUT2D eigenvalue weighted by Crippen LogP contribution is -2.06. The fourth-order valence-corrected chi connectivity index (χ4v) is 8.15. The van der Waals surface area contributed by atoms with Crippen molar-refractivity contribution in [1.29, 1.82) is 0 Å². The summed E-state index contributed by atoms with van der Waals surface area (Å²) in [5.74, 6) is 4.36. The number of nitrogens with zero attached hydrogens (tertiary/aromatic N) is 4. The Balaban J connectivity index is 1.33. The van der Waals surface area contributed by atoms with E-state index in [1.807, 2.05) is 6.08 Å². The molecule has 4 heteroatoms. The van der Waals surface area contributed by atoms with Crippen molar-refractivity contribution in [1.82, 2.24) is 18.7 Å². The summed E-state index contributed by atoms with van der Waals surface area (Å²) in [7, 11) is 0. The number of hydrogen-bond acceptors (Lipinski definition) is 1. The van der Waals surface area contributed by atoms with Gasteiger partial charge in [-0.1, -0.05) is 115 Å². The highest BCUT2D eigenvalue weighted by Gasteiger charge is 2.21. The van der Waals surface area contributed by atoms with Crippen molar-refractivity contribution in [3.63, 3.8) is 0 Å². The Bertz CT molecular complexity index is 3000. The number of allylic oxidation sites excluding steroid dienone is 1. The standard InChI is InChI=1S/C48H32N4/c1-3-4-23-40-32(2)34-17-5-11-24-41(34)51(40)47-30-33(31-48(49-47)52-45-28-15-9-21-38(45)39-22-10-16-29-46(39)52)35-18-6-12-25-42(35)50-43-26-13-7-19-36(43)37-20-8-14-27-44(37)50/h1,4-31H,2H3/b23-4-. The number of aryl methyl sites for hydroxylation is 1. The molecule has 4 nitrogen and oxygen atoms in total. The van der Waals surface area contributed by atoms with Gasteiger partial charge in [-0.3, -0.25) is 9.13 Å². The first-order valence-electron chi connectivity index (χ1n) is 17.5. The minimum atomic E-state index is 0.812. The van der Waals surface area contributed by atoms with Gasteiger partial charge in [-0.05, 0) is 78.7 Å². The summed E-state index contributed by atoms with van der Waals surface area (Å²) in [6.07, 6.45) is 9.57. The first-order chi connectivity index (χ1) is 25.7. The summed E-state index contributed by atoms with van der Waals surface area (Å²) >= 11 is 0. The predicted molar refractivity (Wildman–Crippen MR) is 218 cm³/mol. The number of fused-ring (bicyclic) bond motifs is 7. The molecule has 244 valence electrons. The number of pyridine rings is 1. The lowest BCUT2D eigenvalue weighted by atomic mass is 10.0. The molecule has 0 saturated heterocycles. The number of rotatable bonds is 5. The Morgan fingerprint density at radius 3 is 1.46 bits per heavy atom. The van der Waals surface area contributed by atoms with Crippen molar-refractivity contribution in [2.45, 2.75) is 6.92 Å². The van der Waals surface area contributed by atoms with Crippen molar-refractivity contribution >= 4 is 60.6 Å². The molecule has 4 aromatic heterocycles. The molecule has 10 rings (SSSR count). The lowest BCUT2D eigenvalue weighted by Gasteiger charge is -2.18. The second-order valence-corrected chi connectivity index (χ2v) is 13.2. The Labute approximate surface area is 301 Å². The third-order valence-electron chi connectivity index (χ3n) is 10.4. The zero-order chi connectivity index (χ0) is 34.8. The van der Waals surface area contributed by atoms with Gasteiger partial charge in [-0.25, -0.2) is 4.98 Å². The molecule has 4 heterocycles. The number of benzene rings is 6. The van der Waals surface area contributed by atoms with Gasteiger partial charge in [0.05, 0.1) is 39.0 Å². The molecule has 52 heavy (non-hydrogen) atoms. The summed E-state index contributed by atoms with van der Waals surface area (Å²) in [5.41, 5.74) is 11.0. The molecular weight excluding hydrogens is 633 g/mol. The lowest BCUT2D eigenvalue weighted by molar-refractivity contribution is 0.984. The van der Waals surface area contributed by atoms with Crippen LogP contribution in [0.25, 0.3) is 89.0 Å². The molecule has 0 aliphatic heterocycles. The van der Waals surface area contributed by atoms with Crippen LogP contribution in [-0.4, -0.2) is 18.7 Å². The Morgan fingerprint density at radius 2 is 0.923 bits per heavy atom. The van der Waals surface area contributed by atoms with E-state index >= 15 is 0 Å². The zero-order valence-electron chi connectivity index (χ0n) is 28.5. The third kappa shape index (κ3) is 4.40. The zero-order valence-corrected chi connectivity index (χ0v) is 28.5. The minimum Gasteiger partial charge on any atom is -0.309 e. The second kappa shape index (κ2) is 11.8. The maximum absolute atomic E-state index is 5.78. The van der Waals surface area contributed by atoms with Crippen LogP contribution in [-0.2, 0) is 0 Å².